The average Bonchev–Trinajstić information content (AvgIpc) is 2.59. The molecule has 1 aromatic carbocycles. The van der Waals surface area contributed by atoms with Crippen molar-refractivity contribution in [1.29, 1.82) is 0 Å². The molecular formula is C13H17N3S. The second-order valence-electron chi connectivity index (χ2n) is 4.57. The molecule has 0 spiro atoms. The maximum absolute atomic E-state index is 4.47. The SMILES string of the molecule is c1ccc2c(NC3CCCCNC3)snc2c1. The fourth-order valence-corrected chi connectivity index (χ4v) is 3.16. The number of nitrogens with zero attached hydrogens (tertiary/aromatic N) is 1. The number of fused-ring (bicyclic) bond motifs is 1. The van der Waals surface area contributed by atoms with Gasteiger partial charge < -0.3 is 10.6 Å². The highest BCUT2D eigenvalue weighted by atomic mass is 32.1. The van der Waals surface area contributed by atoms with Gasteiger partial charge >= 0.3 is 0 Å². The van der Waals surface area contributed by atoms with Gasteiger partial charge in [0.15, 0.2) is 0 Å². The van der Waals surface area contributed by atoms with Crippen molar-refractivity contribution in [2.45, 2.75) is 25.3 Å². The Hall–Kier alpha value is -1.13. The summed E-state index contributed by atoms with van der Waals surface area (Å²) < 4.78 is 4.47. The van der Waals surface area contributed by atoms with Crippen molar-refractivity contribution in [3.8, 4) is 0 Å². The molecule has 1 aliphatic heterocycles. The maximum Gasteiger partial charge on any atom is 0.117 e. The Morgan fingerprint density at radius 2 is 2.24 bits per heavy atom. The molecule has 1 saturated heterocycles. The predicted molar refractivity (Wildman–Crippen MR) is 73.8 cm³/mol. The van der Waals surface area contributed by atoms with Gasteiger partial charge in [-0.3, -0.25) is 0 Å². The van der Waals surface area contributed by atoms with Crippen LogP contribution < -0.4 is 10.6 Å². The molecule has 0 amide bonds. The minimum absolute atomic E-state index is 0.543. The van der Waals surface area contributed by atoms with E-state index in [0.717, 1.165) is 18.6 Å². The van der Waals surface area contributed by atoms with E-state index in [1.807, 2.05) is 6.07 Å². The van der Waals surface area contributed by atoms with Gasteiger partial charge in [0.25, 0.3) is 0 Å². The Morgan fingerprint density at radius 1 is 1.29 bits per heavy atom. The van der Waals surface area contributed by atoms with Gasteiger partial charge in [-0.2, -0.15) is 4.37 Å². The van der Waals surface area contributed by atoms with Gasteiger partial charge in [0.2, 0.25) is 0 Å². The van der Waals surface area contributed by atoms with Crippen LogP contribution in [0.5, 0.6) is 0 Å². The normalized spacial score (nSPS) is 21.3. The summed E-state index contributed by atoms with van der Waals surface area (Å²) in [5, 5.41) is 9.59. The molecular weight excluding hydrogens is 230 g/mol. The molecule has 0 aliphatic carbocycles. The summed E-state index contributed by atoms with van der Waals surface area (Å²) in [5.41, 5.74) is 1.10. The third kappa shape index (κ3) is 2.42. The number of nitrogens with one attached hydrogen (secondary N) is 2. The first-order chi connectivity index (χ1) is 8.43. The van der Waals surface area contributed by atoms with Crippen LogP contribution in [0.15, 0.2) is 24.3 Å². The number of aromatic nitrogens is 1. The lowest BCUT2D eigenvalue weighted by molar-refractivity contribution is 0.638. The monoisotopic (exact) mass is 247 g/mol. The molecule has 3 nitrogen and oxygen atoms in total. The first-order valence-electron chi connectivity index (χ1n) is 6.25. The molecule has 1 aromatic heterocycles. The average molecular weight is 247 g/mol. The standard InChI is InChI=1S/C13H17N3S/c1-2-7-12-11(6-1)13(17-16-12)15-10-5-3-4-8-14-9-10/h1-2,6-7,10,14-15H,3-5,8-9H2. The van der Waals surface area contributed by atoms with Crippen molar-refractivity contribution in [2.24, 2.45) is 0 Å². The molecule has 0 radical (unpaired) electrons. The van der Waals surface area contributed by atoms with E-state index < -0.39 is 0 Å². The number of hydrogen-bond acceptors (Lipinski definition) is 4. The molecule has 1 aliphatic rings. The minimum Gasteiger partial charge on any atom is -0.371 e. The molecule has 0 bridgehead atoms. The van der Waals surface area contributed by atoms with E-state index >= 15 is 0 Å². The molecule has 4 heteroatoms. The van der Waals surface area contributed by atoms with Crippen molar-refractivity contribution in [1.82, 2.24) is 9.69 Å². The molecule has 2 heterocycles. The summed E-state index contributed by atoms with van der Waals surface area (Å²) in [5.74, 6) is 0. The largest absolute Gasteiger partial charge is 0.371 e. The number of anilines is 1. The predicted octanol–water partition coefficient (Wildman–Crippen LogP) is 2.85. The van der Waals surface area contributed by atoms with E-state index in [1.165, 1.54) is 29.6 Å². The van der Waals surface area contributed by atoms with Crippen LogP contribution in [0, 0.1) is 0 Å². The minimum atomic E-state index is 0.543. The van der Waals surface area contributed by atoms with E-state index in [-0.39, 0.29) is 0 Å². The van der Waals surface area contributed by atoms with Crippen molar-refractivity contribution in [3.05, 3.63) is 24.3 Å². The summed E-state index contributed by atoms with van der Waals surface area (Å²) in [6, 6.07) is 8.88. The summed E-state index contributed by atoms with van der Waals surface area (Å²) in [4.78, 5) is 0. The van der Waals surface area contributed by atoms with Crippen LogP contribution in [0.4, 0.5) is 5.00 Å². The highest BCUT2D eigenvalue weighted by Crippen LogP contribution is 2.28. The van der Waals surface area contributed by atoms with Crippen molar-refractivity contribution < 1.29 is 0 Å². The van der Waals surface area contributed by atoms with Crippen LogP contribution in [0.1, 0.15) is 19.3 Å². The summed E-state index contributed by atoms with van der Waals surface area (Å²) in [7, 11) is 0. The lowest BCUT2D eigenvalue weighted by Crippen LogP contribution is -2.30. The van der Waals surface area contributed by atoms with Gasteiger partial charge in [-0.1, -0.05) is 18.6 Å². The summed E-state index contributed by atoms with van der Waals surface area (Å²) >= 11 is 1.57. The Balaban J connectivity index is 1.79. The maximum atomic E-state index is 4.47. The number of rotatable bonds is 2. The third-order valence-corrected chi connectivity index (χ3v) is 4.07. The fraction of sp³-hybridized carbons (Fsp3) is 0.462. The van der Waals surface area contributed by atoms with Crippen molar-refractivity contribution in [3.63, 3.8) is 0 Å². The quantitative estimate of drug-likeness (QED) is 0.857. The van der Waals surface area contributed by atoms with Crippen LogP contribution in [-0.2, 0) is 0 Å². The molecule has 1 atom stereocenters. The first-order valence-corrected chi connectivity index (χ1v) is 7.02. The van der Waals surface area contributed by atoms with Crippen molar-refractivity contribution in [2.75, 3.05) is 18.4 Å². The van der Waals surface area contributed by atoms with E-state index in [4.69, 9.17) is 0 Å². The smallest absolute Gasteiger partial charge is 0.117 e. The van der Waals surface area contributed by atoms with Crippen LogP contribution in [-0.4, -0.2) is 23.5 Å². The fourth-order valence-electron chi connectivity index (χ4n) is 2.32. The van der Waals surface area contributed by atoms with Gasteiger partial charge in [-0.25, -0.2) is 0 Å². The van der Waals surface area contributed by atoms with E-state index in [1.54, 1.807) is 11.5 Å². The topological polar surface area (TPSA) is 37.0 Å². The summed E-state index contributed by atoms with van der Waals surface area (Å²) in [6.07, 6.45) is 3.85. The summed E-state index contributed by atoms with van der Waals surface area (Å²) in [6.45, 7) is 2.22. The first kappa shape index (κ1) is 11.0. The number of hydrogen-bond donors (Lipinski definition) is 2. The molecule has 2 aromatic rings. The highest BCUT2D eigenvalue weighted by Gasteiger charge is 2.14. The van der Waals surface area contributed by atoms with E-state index in [2.05, 4.69) is 33.2 Å². The Bertz CT molecular complexity index is 486. The second-order valence-corrected chi connectivity index (χ2v) is 5.34. The van der Waals surface area contributed by atoms with Crippen LogP contribution in [0.25, 0.3) is 10.9 Å². The zero-order valence-corrected chi connectivity index (χ0v) is 10.6. The van der Waals surface area contributed by atoms with Crippen LogP contribution in [0.3, 0.4) is 0 Å². The van der Waals surface area contributed by atoms with E-state index in [0.29, 0.717) is 6.04 Å². The zero-order chi connectivity index (χ0) is 11.5. The molecule has 17 heavy (non-hydrogen) atoms. The molecule has 2 N–H and O–H groups in total. The Morgan fingerprint density at radius 3 is 3.24 bits per heavy atom. The highest BCUT2D eigenvalue weighted by molar-refractivity contribution is 7.11. The molecule has 0 saturated carbocycles. The third-order valence-electron chi connectivity index (χ3n) is 3.27. The molecule has 3 rings (SSSR count). The van der Waals surface area contributed by atoms with Gasteiger partial charge in [0.1, 0.15) is 5.00 Å². The molecule has 90 valence electrons. The van der Waals surface area contributed by atoms with Gasteiger partial charge in [-0.15, -0.1) is 0 Å². The Labute approximate surface area is 105 Å². The Kier molecular flexibility index (Phi) is 3.25. The van der Waals surface area contributed by atoms with Crippen LogP contribution >= 0.6 is 11.5 Å². The van der Waals surface area contributed by atoms with Crippen molar-refractivity contribution >= 4 is 27.4 Å². The number of benzene rings is 1. The lowest BCUT2D eigenvalue weighted by Gasteiger charge is -2.16. The second kappa shape index (κ2) is 5.02. The lowest BCUT2D eigenvalue weighted by atomic mass is 10.1. The van der Waals surface area contributed by atoms with Gasteiger partial charge in [-0.05, 0) is 43.1 Å². The molecule has 1 fully saturated rings. The van der Waals surface area contributed by atoms with Gasteiger partial charge in [0.05, 0.1) is 5.52 Å². The van der Waals surface area contributed by atoms with Gasteiger partial charge in [0, 0.05) is 18.0 Å². The van der Waals surface area contributed by atoms with Crippen LogP contribution in [0.2, 0.25) is 0 Å². The van der Waals surface area contributed by atoms with E-state index in [9.17, 15) is 0 Å². The molecule has 1 unspecified atom stereocenters. The zero-order valence-electron chi connectivity index (χ0n) is 9.78.